The fourth-order valence-corrected chi connectivity index (χ4v) is 4.42. The molecule has 0 radical (unpaired) electrons. The van der Waals surface area contributed by atoms with Crippen LogP contribution in [0.25, 0.3) is 11.3 Å². The van der Waals surface area contributed by atoms with Crippen molar-refractivity contribution in [2.45, 2.75) is 6.54 Å². The van der Waals surface area contributed by atoms with Crippen LogP contribution in [0.4, 0.5) is 0 Å². The number of benzene rings is 2. The number of aromatic nitrogens is 1. The van der Waals surface area contributed by atoms with Gasteiger partial charge in [-0.3, -0.25) is 9.69 Å². The summed E-state index contributed by atoms with van der Waals surface area (Å²) in [4.78, 5) is 21.7. The van der Waals surface area contributed by atoms with Gasteiger partial charge in [-0.15, -0.1) is 23.7 Å². The van der Waals surface area contributed by atoms with Crippen molar-refractivity contribution in [3.05, 3.63) is 69.5 Å². The molecule has 0 unspecified atom stereocenters. The van der Waals surface area contributed by atoms with E-state index in [1.165, 1.54) is 0 Å². The molecule has 2 heterocycles. The molecule has 1 fully saturated rings. The number of piperazine rings is 1. The van der Waals surface area contributed by atoms with E-state index in [2.05, 4.69) is 10.3 Å². The lowest BCUT2D eigenvalue weighted by Gasteiger charge is -2.34. The molecule has 1 aliphatic heterocycles. The molecule has 0 saturated carbocycles. The van der Waals surface area contributed by atoms with Crippen LogP contribution in [-0.4, -0.2) is 54.0 Å². The Bertz CT molecular complexity index is 986. The fraction of sp³-hybridized carbons (Fsp3) is 0.273. The summed E-state index contributed by atoms with van der Waals surface area (Å²) in [5.41, 5.74) is 2.72. The van der Waals surface area contributed by atoms with Crippen LogP contribution in [-0.2, 0) is 6.54 Å². The van der Waals surface area contributed by atoms with Gasteiger partial charge in [0.05, 0.1) is 19.3 Å². The predicted octanol–water partition coefficient (Wildman–Crippen LogP) is 4.85. The Hall–Kier alpha value is -2.12. The molecule has 0 bridgehead atoms. The molecule has 0 aliphatic carbocycles. The first kappa shape index (κ1) is 22.6. The summed E-state index contributed by atoms with van der Waals surface area (Å²) in [5, 5.41) is 3.77. The van der Waals surface area contributed by atoms with E-state index in [-0.39, 0.29) is 18.3 Å². The summed E-state index contributed by atoms with van der Waals surface area (Å²) in [6, 6.07) is 15.1. The lowest BCUT2D eigenvalue weighted by atomic mass is 10.2. The topological polar surface area (TPSA) is 45.7 Å². The number of carbonyl (C=O) groups is 1. The van der Waals surface area contributed by atoms with E-state index in [0.29, 0.717) is 23.7 Å². The maximum absolute atomic E-state index is 12.7. The molecule has 2 aromatic carbocycles. The third kappa shape index (κ3) is 5.32. The highest BCUT2D eigenvalue weighted by molar-refractivity contribution is 7.09. The molecule has 30 heavy (non-hydrogen) atoms. The van der Waals surface area contributed by atoms with Gasteiger partial charge in [-0.05, 0) is 42.5 Å². The van der Waals surface area contributed by atoms with Crippen LogP contribution >= 0.6 is 35.3 Å². The van der Waals surface area contributed by atoms with Gasteiger partial charge in [0.2, 0.25) is 0 Å². The largest absolute Gasteiger partial charge is 0.497 e. The number of nitrogens with zero attached hydrogens (tertiary/aromatic N) is 3. The Morgan fingerprint density at radius 1 is 1.13 bits per heavy atom. The molecule has 8 heteroatoms. The normalized spacial score (nSPS) is 14.3. The number of amides is 1. The van der Waals surface area contributed by atoms with E-state index < -0.39 is 0 Å². The van der Waals surface area contributed by atoms with Gasteiger partial charge < -0.3 is 9.64 Å². The van der Waals surface area contributed by atoms with Crippen molar-refractivity contribution in [2.24, 2.45) is 0 Å². The van der Waals surface area contributed by atoms with Gasteiger partial charge in [0, 0.05) is 47.7 Å². The second-order valence-electron chi connectivity index (χ2n) is 6.93. The maximum atomic E-state index is 12.7. The van der Waals surface area contributed by atoms with Gasteiger partial charge in [-0.1, -0.05) is 17.7 Å². The lowest BCUT2D eigenvalue weighted by Crippen LogP contribution is -2.48. The number of rotatable bonds is 5. The molecule has 3 aromatic rings. The summed E-state index contributed by atoms with van der Waals surface area (Å²) in [5.74, 6) is 0.887. The van der Waals surface area contributed by atoms with Gasteiger partial charge >= 0.3 is 0 Å². The molecular weight excluding hydrogens is 441 g/mol. The smallest absolute Gasteiger partial charge is 0.253 e. The molecule has 1 saturated heterocycles. The molecule has 1 aliphatic rings. The Balaban J connectivity index is 0.00000256. The van der Waals surface area contributed by atoms with Crippen molar-refractivity contribution < 1.29 is 9.53 Å². The predicted molar refractivity (Wildman–Crippen MR) is 124 cm³/mol. The third-order valence-corrected chi connectivity index (χ3v) is 6.10. The summed E-state index contributed by atoms with van der Waals surface area (Å²) in [6.45, 7) is 3.90. The molecule has 5 nitrogen and oxygen atoms in total. The van der Waals surface area contributed by atoms with Crippen LogP contribution in [0.15, 0.2) is 53.9 Å². The van der Waals surface area contributed by atoms with E-state index in [1.807, 2.05) is 41.3 Å². The van der Waals surface area contributed by atoms with E-state index >= 15 is 0 Å². The SMILES string of the molecule is COc1ccc(-c2csc(CN3CCN(C(=O)c4cccc(Cl)c4)CC3)n2)cc1.Cl. The van der Waals surface area contributed by atoms with Crippen molar-refractivity contribution in [2.75, 3.05) is 33.3 Å². The van der Waals surface area contributed by atoms with Gasteiger partial charge in [0.25, 0.3) is 5.91 Å². The van der Waals surface area contributed by atoms with Gasteiger partial charge in [0.1, 0.15) is 10.8 Å². The number of thiazole rings is 1. The van der Waals surface area contributed by atoms with Crippen LogP contribution in [0.2, 0.25) is 5.02 Å². The van der Waals surface area contributed by atoms with E-state index in [4.69, 9.17) is 21.3 Å². The number of hydrogen-bond donors (Lipinski definition) is 0. The second kappa shape index (κ2) is 10.3. The number of hydrogen-bond acceptors (Lipinski definition) is 5. The highest BCUT2D eigenvalue weighted by Gasteiger charge is 2.23. The summed E-state index contributed by atoms with van der Waals surface area (Å²) in [7, 11) is 1.66. The van der Waals surface area contributed by atoms with Crippen LogP contribution in [0.3, 0.4) is 0 Å². The minimum atomic E-state index is 0. The van der Waals surface area contributed by atoms with E-state index in [1.54, 1.807) is 30.6 Å². The van der Waals surface area contributed by atoms with Crippen molar-refractivity contribution in [3.63, 3.8) is 0 Å². The lowest BCUT2D eigenvalue weighted by molar-refractivity contribution is 0.0628. The average molecular weight is 464 g/mol. The van der Waals surface area contributed by atoms with Gasteiger partial charge in [0.15, 0.2) is 0 Å². The monoisotopic (exact) mass is 463 g/mol. The van der Waals surface area contributed by atoms with E-state index in [9.17, 15) is 4.79 Å². The number of carbonyl (C=O) groups excluding carboxylic acids is 1. The Morgan fingerprint density at radius 2 is 1.87 bits per heavy atom. The number of halogens is 2. The first-order valence-corrected chi connectivity index (χ1v) is 10.7. The number of methoxy groups -OCH3 is 1. The van der Waals surface area contributed by atoms with Crippen LogP contribution in [0, 0.1) is 0 Å². The van der Waals surface area contributed by atoms with Crippen LogP contribution in [0.5, 0.6) is 5.75 Å². The quantitative estimate of drug-likeness (QED) is 0.542. The Kier molecular flexibility index (Phi) is 7.72. The third-order valence-electron chi connectivity index (χ3n) is 5.03. The molecule has 1 amide bonds. The zero-order valence-electron chi connectivity index (χ0n) is 16.6. The minimum absolute atomic E-state index is 0. The zero-order valence-corrected chi connectivity index (χ0v) is 19.0. The summed E-state index contributed by atoms with van der Waals surface area (Å²) >= 11 is 7.69. The van der Waals surface area contributed by atoms with Crippen molar-refractivity contribution >= 4 is 41.3 Å². The summed E-state index contributed by atoms with van der Waals surface area (Å²) in [6.07, 6.45) is 0. The minimum Gasteiger partial charge on any atom is -0.497 e. The van der Waals surface area contributed by atoms with E-state index in [0.717, 1.165) is 41.6 Å². The molecule has 1 aromatic heterocycles. The highest BCUT2D eigenvalue weighted by Crippen LogP contribution is 2.25. The van der Waals surface area contributed by atoms with Gasteiger partial charge in [-0.2, -0.15) is 0 Å². The van der Waals surface area contributed by atoms with Crippen molar-refractivity contribution in [1.29, 1.82) is 0 Å². The molecule has 0 N–H and O–H groups in total. The first-order chi connectivity index (χ1) is 14.1. The molecule has 0 spiro atoms. The average Bonchev–Trinajstić information content (AvgIpc) is 3.22. The first-order valence-electron chi connectivity index (χ1n) is 9.48. The number of ether oxygens (including phenoxy) is 1. The second-order valence-corrected chi connectivity index (χ2v) is 8.31. The van der Waals surface area contributed by atoms with Crippen molar-refractivity contribution in [3.8, 4) is 17.0 Å². The maximum Gasteiger partial charge on any atom is 0.253 e. The highest BCUT2D eigenvalue weighted by atomic mass is 35.5. The molecular formula is C22H23Cl2N3O2S. The van der Waals surface area contributed by atoms with Gasteiger partial charge in [-0.25, -0.2) is 4.98 Å². The fourth-order valence-electron chi connectivity index (χ4n) is 3.38. The zero-order chi connectivity index (χ0) is 20.2. The van der Waals surface area contributed by atoms with Crippen LogP contribution in [0.1, 0.15) is 15.4 Å². The molecule has 158 valence electrons. The Labute approximate surface area is 191 Å². The summed E-state index contributed by atoms with van der Waals surface area (Å²) < 4.78 is 5.21. The molecule has 4 rings (SSSR count). The van der Waals surface area contributed by atoms with Crippen LogP contribution < -0.4 is 4.74 Å². The molecule has 0 atom stereocenters. The standard InChI is InChI=1S/C22H22ClN3O2S.ClH/c1-28-19-7-5-16(6-8-19)20-15-29-21(24-20)14-25-9-11-26(12-10-25)22(27)17-3-2-4-18(23)13-17;/h2-8,13,15H,9-12,14H2,1H3;1H. The van der Waals surface area contributed by atoms with Crippen molar-refractivity contribution in [1.82, 2.24) is 14.8 Å². The Morgan fingerprint density at radius 3 is 2.53 bits per heavy atom.